The first-order chi connectivity index (χ1) is 32.5. The topological polar surface area (TPSA) is 78.9 Å². The molecule has 0 saturated heterocycles. The van der Waals surface area contributed by atoms with Crippen LogP contribution in [0.15, 0.2) is 85.1 Å². The van der Waals surface area contributed by atoms with Crippen LogP contribution in [0.2, 0.25) is 0 Å². The average Bonchev–Trinajstić information content (AvgIpc) is 3.31. The van der Waals surface area contributed by atoms with E-state index in [1.54, 1.807) is 0 Å². The van der Waals surface area contributed by atoms with Crippen molar-refractivity contribution in [3.63, 3.8) is 0 Å². The Balaban J connectivity index is 4.21. The zero-order valence-electron chi connectivity index (χ0n) is 43.2. The van der Waals surface area contributed by atoms with Crippen LogP contribution in [0.4, 0.5) is 0 Å². The van der Waals surface area contributed by atoms with Crippen LogP contribution < -0.4 is 0 Å². The maximum atomic E-state index is 12.8. The third kappa shape index (κ3) is 51.6. The molecule has 0 aliphatic rings. The average molecular weight is 919 g/mol. The van der Waals surface area contributed by atoms with Crippen LogP contribution in [0.1, 0.15) is 258 Å². The van der Waals surface area contributed by atoms with E-state index >= 15 is 0 Å². The van der Waals surface area contributed by atoms with Gasteiger partial charge in [0.1, 0.15) is 13.2 Å². The van der Waals surface area contributed by atoms with Crippen molar-refractivity contribution in [1.82, 2.24) is 0 Å². The van der Waals surface area contributed by atoms with E-state index < -0.39 is 6.10 Å². The SMILES string of the molecule is CC/C=C\C/C=C\C/C=C\C/C=C\CCCCCCCCCCCCCCC(=O)OCC(COC(=O)CCCCCCCCCC)OC(=O)CCCCCCC/C=C\C/C=C\C/C=C\CC. The van der Waals surface area contributed by atoms with E-state index in [1.807, 2.05) is 0 Å². The van der Waals surface area contributed by atoms with Gasteiger partial charge in [-0.1, -0.05) is 234 Å². The number of rotatable bonds is 49. The Morgan fingerprint density at radius 2 is 0.591 bits per heavy atom. The Morgan fingerprint density at radius 3 is 0.924 bits per heavy atom. The van der Waals surface area contributed by atoms with Gasteiger partial charge in [-0.2, -0.15) is 0 Å². The second-order valence-electron chi connectivity index (χ2n) is 18.1. The molecule has 1 atom stereocenters. The summed E-state index contributed by atoms with van der Waals surface area (Å²) < 4.78 is 16.8. The molecule has 0 aromatic heterocycles. The van der Waals surface area contributed by atoms with Crippen molar-refractivity contribution in [2.45, 2.75) is 264 Å². The molecule has 0 aliphatic carbocycles. The molecule has 0 aliphatic heterocycles. The van der Waals surface area contributed by atoms with Crippen LogP contribution in [-0.4, -0.2) is 37.2 Å². The lowest BCUT2D eigenvalue weighted by Gasteiger charge is -2.18. The molecule has 0 aromatic rings. The Bertz CT molecular complexity index is 1290. The van der Waals surface area contributed by atoms with Gasteiger partial charge >= 0.3 is 17.9 Å². The predicted octanol–water partition coefficient (Wildman–Crippen LogP) is 18.4. The van der Waals surface area contributed by atoms with Gasteiger partial charge in [0.25, 0.3) is 0 Å². The minimum atomic E-state index is -0.783. The monoisotopic (exact) mass is 919 g/mol. The second-order valence-corrected chi connectivity index (χ2v) is 18.1. The first-order valence-electron chi connectivity index (χ1n) is 27.6. The van der Waals surface area contributed by atoms with Gasteiger partial charge in [0.15, 0.2) is 6.10 Å². The summed E-state index contributed by atoms with van der Waals surface area (Å²) in [7, 11) is 0. The highest BCUT2D eigenvalue weighted by molar-refractivity contribution is 5.71. The third-order valence-electron chi connectivity index (χ3n) is 11.6. The minimum Gasteiger partial charge on any atom is -0.462 e. The van der Waals surface area contributed by atoms with Gasteiger partial charge in [-0.3, -0.25) is 14.4 Å². The molecule has 0 rings (SSSR count). The molecule has 0 radical (unpaired) electrons. The van der Waals surface area contributed by atoms with Crippen molar-refractivity contribution in [2.24, 2.45) is 0 Å². The molecular weight excluding hydrogens is 817 g/mol. The smallest absolute Gasteiger partial charge is 0.306 e. The van der Waals surface area contributed by atoms with E-state index in [4.69, 9.17) is 14.2 Å². The van der Waals surface area contributed by atoms with Crippen molar-refractivity contribution in [1.29, 1.82) is 0 Å². The largest absolute Gasteiger partial charge is 0.462 e. The maximum absolute atomic E-state index is 12.8. The van der Waals surface area contributed by atoms with Crippen LogP contribution >= 0.6 is 0 Å². The van der Waals surface area contributed by atoms with Crippen LogP contribution in [0, 0.1) is 0 Å². The summed E-state index contributed by atoms with van der Waals surface area (Å²) in [5.74, 6) is -0.903. The molecule has 0 N–H and O–H groups in total. The quantitative estimate of drug-likeness (QED) is 0.0262. The van der Waals surface area contributed by atoms with Crippen molar-refractivity contribution in [2.75, 3.05) is 13.2 Å². The van der Waals surface area contributed by atoms with E-state index in [0.717, 1.165) is 122 Å². The lowest BCUT2D eigenvalue weighted by atomic mass is 10.0. The summed E-state index contributed by atoms with van der Waals surface area (Å²) in [6.07, 6.45) is 70.2. The first-order valence-corrected chi connectivity index (χ1v) is 27.6. The summed E-state index contributed by atoms with van der Waals surface area (Å²) in [5.41, 5.74) is 0. The van der Waals surface area contributed by atoms with Crippen molar-refractivity contribution in [3.8, 4) is 0 Å². The molecule has 0 aromatic carbocycles. The second kappa shape index (κ2) is 54.2. The normalized spacial score (nSPS) is 12.7. The Kier molecular flexibility index (Phi) is 51.4. The number of carbonyl (C=O) groups excluding carboxylic acids is 3. The number of esters is 3. The fraction of sp³-hybridized carbons (Fsp3) is 0.717. The van der Waals surface area contributed by atoms with Gasteiger partial charge < -0.3 is 14.2 Å². The molecule has 0 heterocycles. The molecule has 1 unspecified atom stereocenters. The molecule has 6 nitrogen and oxygen atoms in total. The highest BCUT2D eigenvalue weighted by Crippen LogP contribution is 2.15. The molecular formula is C60H102O6. The van der Waals surface area contributed by atoms with Crippen LogP contribution in [0.3, 0.4) is 0 Å². The fourth-order valence-electron chi connectivity index (χ4n) is 7.57. The molecule has 0 amide bonds. The molecule has 0 fully saturated rings. The first kappa shape index (κ1) is 62.6. The van der Waals surface area contributed by atoms with Crippen molar-refractivity contribution < 1.29 is 28.6 Å². The lowest BCUT2D eigenvalue weighted by Crippen LogP contribution is -2.30. The highest BCUT2D eigenvalue weighted by atomic mass is 16.6. The van der Waals surface area contributed by atoms with Crippen LogP contribution in [0.25, 0.3) is 0 Å². The molecule has 0 spiro atoms. The minimum absolute atomic E-state index is 0.0826. The van der Waals surface area contributed by atoms with E-state index in [-0.39, 0.29) is 31.1 Å². The summed E-state index contributed by atoms with van der Waals surface area (Å²) in [5, 5.41) is 0. The number of hydrogen-bond acceptors (Lipinski definition) is 6. The number of unbranched alkanes of at least 4 members (excludes halogenated alkanes) is 24. The number of ether oxygens (including phenoxy) is 3. The van der Waals surface area contributed by atoms with Crippen LogP contribution in [-0.2, 0) is 28.6 Å². The lowest BCUT2D eigenvalue weighted by molar-refractivity contribution is -0.167. The van der Waals surface area contributed by atoms with Gasteiger partial charge in [-0.05, 0) is 89.9 Å². The third-order valence-corrected chi connectivity index (χ3v) is 11.6. The molecule has 66 heavy (non-hydrogen) atoms. The molecule has 0 saturated carbocycles. The van der Waals surface area contributed by atoms with Gasteiger partial charge in [0, 0.05) is 19.3 Å². The molecule has 6 heteroatoms. The van der Waals surface area contributed by atoms with Gasteiger partial charge in [-0.15, -0.1) is 0 Å². The Labute approximate surface area is 407 Å². The van der Waals surface area contributed by atoms with E-state index in [2.05, 4.69) is 106 Å². The van der Waals surface area contributed by atoms with Crippen molar-refractivity contribution in [3.05, 3.63) is 85.1 Å². The van der Waals surface area contributed by atoms with Gasteiger partial charge in [0.2, 0.25) is 0 Å². The highest BCUT2D eigenvalue weighted by Gasteiger charge is 2.19. The fourth-order valence-corrected chi connectivity index (χ4v) is 7.57. The predicted molar refractivity (Wildman–Crippen MR) is 284 cm³/mol. The zero-order valence-corrected chi connectivity index (χ0v) is 43.2. The number of hydrogen-bond donors (Lipinski definition) is 0. The standard InChI is InChI=1S/C60H102O6/c1-4-7-10-13-16-19-21-23-25-26-27-28-29-30-31-32-33-34-36-37-39-41-44-47-50-53-59(62)65-56-57(55-64-58(61)52-49-46-43-18-15-12-9-6-3)66-60(63)54-51-48-45-42-40-38-35-24-22-20-17-14-11-8-5-2/h7-8,10-11,16-17,19-20,23-25,27-28,35,57H,4-6,9,12-15,18,21-22,26,29-34,36-56H2,1-3H3/b10-7-,11-8-,19-16-,20-17-,25-23-,28-27-,35-24-. The number of carbonyl (C=O) groups is 3. The summed E-state index contributed by atoms with van der Waals surface area (Å²) in [6, 6.07) is 0. The van der Waals surface area contributed by atoms with Crippen molar-refractivity contribution >= 4 is 17.9 Å². The van der Waals surface area contributed by atoms with E-state index in [0.29, 0.717) is 19.3 Å². The zero-order chi connectivity index (χ0) is 47.9. The summed E-state index contributed by atoms with van der Waals surface area (Å²) in [6.45, 7) is 6.37. The van der Waals surface area contributed by atoms with Gasteiger partial charge in [0.05, 0.1) is 0 Å². The molecule has 378 valence electrons. The summed E-state index contributed by atoms with van der Waals surface area (Å²) in [4.78, 5) is 37.9. The van der Waals surface area contributed by atoms with Crippen LogP contribution in [0.5, 0.6) is 0 Å². The van der Waals surface area contributed by atoms with E-state index in [9.17, 15) is 14.4 Å². The Hall–Kier alpha value is -3.41. The maximum Gasteiger partial charge on any atom is 0.306 e. The Morgan fingerprint density at radius 1 is 0.318 bits per heavy atom. The molecule has 0 bridgehead atoms. The number of allylic oxidation sites excluding steroid dienone is 14. The van der Waals surface area contributed by atoms with E-state index in [1.165, 1.54) is 96.3 Å². The van der Waals surface area contributed by atoms with Gasteiger partial charge in [-0.25, -0.2) is 0 Å². The summed E-state index contributed by atoms with van der Waals surface area (Å²) >= 11 is 0.